The molecule has 4 heteroatoms. The molecule has 3 aliphatic rings. The maximum atomic E-state index is 9.00. The lowest BCUT2D eigenvalue weighted by Crippen LogP contribution is -2.29. The molecule has 1 saturated heterocycles. The summed E-state index contributed by atoms with van der Waals surface area (Å²) in [5.41, 5.74) is 1.42. The summed E-state index contributed by atoms with van der Waals surface area (Å²) in [4.78, 5) is 9.00. The van der Waals surface area contributed by atoms with Gasteiger partial charge in [0.15, 0.2) is 0 Å². The third-order valence-electron chi connectivity index (χ3n) is 5.75. The molecule has 3 atom stereocenters. The number of allylic oxidation sites excluding steroid dienone is 3. The van der Waals surface area contributed by atoms with Gasteiger partial charge in [-0.1, -0.05) is 23.8 Å². The Kier molecular flexibility index (Phi) is 7.50. The lowest BCUT2D eigenvalue weighted by Gasteiger charge is -2.31. The zero-order valence-corrected chi connectivity index (χ0v) is 15.3. The number of carboxylic acids is 1. The number of hydrogen-bond acceptors (Lipinski definition) is 3. The fourth-order valence-electron chi connectivity index (χ4n) is 4.32. The van der Waals surface area contributed by atoms with E-state index >= 15 is 0 Å². The highest BCUT2D eigenvalue weighted by Crippen LogP contribution is 2.37. The Hall–Kier alpha value is -1.13. The monoisotopic (exact) mass is 335 g/mol. The Morgan fingerprint density at radius 3 is 2.46 bits per heavy atom. The van der Waals surface area contributed by atoms with Crippen molar-refractivity contribution in [1.29, 1.82) is 0 Å². The second kappa shape index (κ2) is 9.38. The smallest absolute Gasteiger partial charge is 0.300 e. The number of carbonyl (C=O) groups is 1. The van der Waals surface area contributed by atoms with Crippen LogP contribution in [0, 0.1) is 17.8 Å². The van der Waals surface area contributed by atoms with Gasteiger partial charge in [0.05, 0.1) is 6.10 Å². The average molecular weight is 335 g/mol. The molecule has 0 amide bonds. The van der Waals surface area contributed by atoms with Gasteiger partial charge < -0.3 is 15.2 Å². The van der Waals surface area contributed by atoms with Gasteiger partial charge in [-0.3, -0.25) is 4.79 Å². The third-order valence-corrected chi connectivity index (χ3v) is 5.75. The van der Waals surface area contributed by atoms with Crippen molar-refractivity contribution in [2.75, 3.05) is 13.7 Å². The zero-order valence-electron chi connectivity index (χ0n) is 15.3. The molecular formula is C20H33NO3. The number of methoxy groups -OCH3 is 1. The molecule has 0 spiro atoms. The second-order valence-electron chi connectivity index (χ2n) is 7.51. The highest BCUT2D eigenvalue weighted by molar-refractivity contribution is 5.62. The molecule has 2 fully saturated rings. The number of ether oxygens (including phenoxy) is 1. The summed E-state index contributed by atoms with van der Waals surface area (Å²) >= 11 is 0. The average Bonchev–Trinajstić information content (AvgIpc) is 3.05. The van der Waals surface area contributed by atoms with Crippen LogP contribution in [0.4, 0.5) is 0 Å². The number of hydrogen-bond donors (Lipinski definition) is 2. The van der Waals surface area contributed by atoms with Crippen molar-refractivity contribution < 1.29 is 14.6 Å². The van der Waals surface area contributed by atoms with Crippen molar-refractivity contribution in [1.82, 2.24) is 5.32 Å². The summed E-state index contributed by atoms with van der Waals surface area (Å²) in [6, 6.07) is 0.709. The van der Waals surface area contributed by atoms with Gasteiger partial charge in [-0.15, -0.1) is 0 Å². The van der Waals surface area contributed by atoms with Crippen LogP contribution in [-0.2, 0) is 9.53 Å². The first kappa shape index (κ1) is 19.2. The zero-order chi connectivity index (χ0) is 17.5. The Morgan fingerprint density at radius 1 is 1.25 bits per heavy atom. The molecule has 1 heterocycles. The molecule has 136 valence electrons. The van der Waals surface area contributed by atoms with E-state index in [2.05, 4.69) is 30.5 Å². The Morgan fingerprint density at radius 2 is 1.92 bits per heavy atom. The molecule has 2 aliphatic carbocycles. The molecular weight excluding hydrogens is 302 g/mol. The summed E-state index contributed by atoms with van der Waals surface area (Å²) < 4.78 is 5.50. The standard InChI is InChI=1S/C18H29NO.C2H4O2/c1-13-3-5-15(6-4-13)18-11-16(12-19-18)14-7-9-17(20-2)10-8-14;1-2(3)4/h3-5,14-19H,6-12H2,1-2H3;1H3,(H,3,4). The SMILES string of the molecule is CC(=O)O.COC1CCC(C2CNC(C3C=CC(C)=CC3)C2)CC1. The minimum atomic E-state index is -0.833. The Labute approximate surface area is 146 Å². The van der Waals surface area contributed by atoms with E-state index in [-0.39, 0.29) is 0 Å². The first-order chi connectivity index (χ1) is 11.5. The summed E-state index contributed by atoms with van der Waals surface area (Å²) in [5, 5.41) is 11.2. The van der Waals surface area contributed by atoms with E-state index in [1.54, 1.807) is 0 Å². The molecule has 24 heavy (non-hydrogen) atoms. The van der Waals surface area contributed by atoms with Gasteiger partial charge in [0, 0.05) is 20.1 Å². The maximum absolute atomic E-state index is 9.00. The van der Waals surface area contributed by atoms with Gasteiger partial charge >= 0.3 is 0 Å². The predicted octanol–water partition coefficient (Wildman–Crippen LogP) is 3.78. The van der Waals surface area contributed by atoms with E-state index in [4.69, 9.17) is 14.6 Å². The molecule has 0 aromatic heterocycles. The highest BCUT2D eigenvalue weighted by atomic mass is 16.5. The molecule has 3 rings (SSSR count). The topological polar surface area (TPSA) is 58.6 Å². The van der Waals surface area contributed by atoms with E-state index < -0.39 is 5.97 Å². The van der Waals surface area contributed by atoms with Crippen molar-refractivity contribution in [3.8, 4) is 0 Å². The largest absolute Gasteiger partial charge is 0.481 e. The Bertz CT molecular complexity index is 460. The predicted molar refractivity (Wildman–Crippen MR) is 97.0 cm³/mol. The van der Waals surface area contributed by atoms with Crippen molar-refractivity contribution in [3.05, 3.63) is 23.8 Å². The number of nitrogens with one attached hydrogen (secondary N) is 1. The fourth-order valence-corrected chi connectivity index (χ4v) is 4.32. The number of aliphatic carboxylic acids is 1. The molecule has 0 aromatic rings. The molecule has 3 unspecified atom stereocenters. The molecule has 1 aliphatic heterocycles. The normalized spacial score (nSPS) is 35.8. The molecule has 0 aromatic carbocycles. The van der Waals surface area contributed by atoms with E-state index in [1.807, 2.05) is 7.11 Å². The summed E-state index contributed by atoms with van der Waals surface area (Å²) in [7, 11) is 1.86. The van der Waals surface area contributed by atoms with Crippen molar-refractivity contribution >= 4 is 5.97 Å². The van der Waals surface area contributed by atoms with E-state index in [0.29, 0.717) is 12.1 Å². The van der Waals surface area contributed by atoms with Crippen LogP contribution in [-0.4, -0.2) is 36.9 Å². The van der Waals surface area contributed by atoms with Crippen LogP contribution in [0.1, 0.15) is 52.4 Å². The van der Waals surface area contributed by atoms with Gasteiger partial charge in [-0.05, 0) is 69.7 Å². The Balaban J connectivity index is 0.000000471. The fraction of sp³-hybridized carbons (Fsp3) is 0.750. The van der Waals surface area contributed by atoms with Gasteiger partial charge in [0.25, 0.3) is 5.97 Å². The van der Waals surface area contributed by atoms with E-state index in [0.717, 1.165) is 24.7 Å². The van der Waals surface area contributed by atoms with Crippen LogP contribution in [0.3, 0.4) is 0 Å². The summed E-state index contributed by atoms with van der Waals surface area (Å²) in [6.45, 7) is 4.52. The highest BCUT2D eigenvalue weighted by Gasteiger charge is 2.35. The summed E-state index contributed by atoms with van der Waals surface area (Å²) in [6.07, 6.45) is 15.5. The van der Waals surface area contributed by atoms with E-state index in [9.17, 15) is 0 Å². The van der Waals surface area contributed by atoms with Gasteiger partial charge in [-0.25, -0.2) is 0 Å². The van der Waals surface area contributed by atoms with Crippen LogP contribution < -0.4 is 5.32 Å². The third kappa shape index (κ3) is 5.75. The minimum Gasteiger partial charge on any atom is -0.481 e. The first-order valence-electron chi connectivity index (χ1n) is 9.30. The number of carboxylic acid groups (broad SMARTS) is 1. The van der Waals surface area contributed by atoms with Crippen LogP contribution in [0.5, 0.6) is 0 Å². The van der Waals surface area contributed by atoms with Crippen molar-refractivity contribution in [3.63, 3.8) is 0 Å². The molecule has 4 nitrogen and oxygen atoms in total. The van der Waals surface area contributed by atoms with Crippen LogP contribution in [0.15, 0.2) is 23.8 Å². The molecule has 0 bridgehead atoms. The van der Waals surface area contributed by atoms with Crippen molar-refractivity contribution in [2.45, 2.75) is 64.5 Å². The lowest BCUT2D eigenvalue weighted by atomic mass is 9.77. The lowest BCUT2D eigenvalue weighted by molar-refractivity contribution is -0.134. The van der Waals surface area contributed by atoms with Crippen LogP contribution in [0.25, 0.3) is 0 Å². The first-order valence-corrected chi connectivity index (χ1v) is 9.30. The minimum absolute atomic E-state index is 0.533. The van der Waals surface area contributed by atoms with Gasteiger partial charge in [0.2, 0.25) is 0 Å². The quantitative estimate of drug-likeness (QED) is 0.824. The van der Waals surface area contributed by atoms with E-state index in [1.165, 1.54) is 50.6 Å². The van der Waals surface area contributed by atoms with Crippen LogP contribution >= 0.6 is 0 Å². The van der Waals surface area contributed by atoms with Gasteiger partial charge in [-0.2, -0.15) is 0 Å². The van der Waals surface area contributed by atoms with Crippen molar-refractivity contribution in [2.24, 2.45) is 17.8 Å². The molecule has 2 N–H and O–H groups in total. The number of rotatable bonds is 3. The molecule has 1 saturated carbocycles. The van der Waals surface area contributed by atoms with Gasteiger partial charge in [0.1, 0.15) is 0 Å². The van der Waals surface area contributed by atoms with Crippen LogP contribution in [0.2, 0.25) is 0 Å². The maximum Gasteiger partial charge on any atom is 0.300 e. The molecule has 0 radical (unpaired) electrons. The summed E-state index contributed by atoms with van der Waals surface area (Å²) in [5.74, 6) is 1.72. The second-order valence-corrected chi connectivity index (χ2v) is 7.51.